The maximum absolute atomic E-state index is 13.2. The number of carbonyl (C=O) groups excluding carboxylic acids is 2. The van der Waals surface area contributed by atoms with Gasteiger partial charge in [0.05, 0.1) is 56.9 Å². The standard InChI is InChI=1S/C43H64O10/c1-27(29-13-15-31(19-44)33(17-29)39(3,4)5)35(46)48-21-41(9,10)37-50-23-43(24-51-37)25-52-38(53-26-43)42(11,12)22-49-36(47)28(2)30-14-16-32(20-45)34(18-30)40(6,7)8/h13-18,27-28,37-38,44-45H,19-26H2,1-12H3. The summed E-state index contributed by atoms with van der Waals surface area (Å²) in [6.45, 7) is 25.5. The van der Waals surface area contributed by atoms with E-state index in [1.807, 2.05) is 77.9 Å². The fraction of sp³-hybridized carbons (Fsp3) is 0.674. The third kappa shape index (κ3) is 10.3. The van der Waals surface area contributed by atoms with Crippen LogP contribution in [0.15, 0.2) is 36.4 Å². The third-order valence-electron chi connectivity index (χ3n) is 10.5. The molecule has 2 atom stereocenters. The van der Waals surface area contributed by atoms with Crippen LogP contribution in [-0.2, 0) is 62.1 Å². The fourth-order valence-corrected chi connectivity index (χ4v) is 6.83. The molecule has 0 aliphatic carbocycles. The Morgan fingerprint density at radius 2 is 0.962 bits per heavy atom. The molecule has 4 rings (SSSR count). The summed E-state index contributed by atoms with van der Waals surface area (Å²) in [7, 11) is 0. The van der Waals surface area contributed by atoms with Crippen LogP contribution in [0, 0.1) is 16.2 Å². The lowest BCUT2D eigenvalue weighted by Crippen LogP contribution is -2.57. The van der Waals surface area contributed by atoms with E-state index in [9.17, 15) is 19.8 Å². The van der Waals surface area contributed by atoms with Crippen LogP contribution in [-0.4, -0.2) is 74.4 Å². The second-order valence-electron chi connectivity index (χ2n) is 18.7. The minimum Gasteiger partial charge on any atom is -0.464 e. The lowest BCUT2D eigenvalue weighted by molar-refractivity contribution is -0.337. The van der Waals surface area contributed by atoms with E-state index in [1.54, 1.807) is 0 Å². The van der Waals surface area contributed by atoms with Gasteiger partial charge in [-0.2, -0.15) is 0 Å². The molecule has 2 aromatic carbocycles. The number of aliphatic hydroxyl groups is 2. The van der Waals surface area contributed by atoms with Crippen LogP contribution in [0.3, 0.4) is 0 Å². The molecule has 10 heteroatoms. The Morgan fingerprint density at radius 3 is 1.25 bits per heavy atom. The van der Waals surface area contributed by atoms with Gasteiger partial charge in [-0.15, -0.1) is 0 Å². The van der Waals surface area contributed by atoms with Crippen molar-refractivity contribution in [2.24, 2.45) is 16.2 Å². The van der Waals surface area contributed by atoms with Crippen LogP contribution < -0.4 is 0 Å². The minimum absolute atomic E-state index is 0.0565. The first-order valence-corrected chi connectivity index (χ1v) is 18.8. The van der Waals surface area contributed by atoms with E-state index in [0.29, 0.717) is 26.4 Å². The quantitative estimate of drug-likeness (QED) is 0.219. The number of carbonyl (C=O) groups is 2. The first-order chi connectivity index (χ1) is 24.5. The van der Waals surface area contributed by atoms with Crippen LogP contribution in [0.5, 0.6) is 0 Å². The molecule has 2 N–H and O–H groups in total. The van der Waals surface area contributed by atoms with Gasteiger partial charge < -0.3 is 38.6 Å². The van der Waals surface area contributed by atoms with E-state index >= 15 is 0 Å². The second kappa shape index (κ2) is 16.5. The molecule has 0 amide bonds. The van der Waals surface area contributed by atoms with E-state index in [4.69, 9.17) is 28.4 Å². The highest BCUT2D eigenvalue weighted by Crippen LogP contribution is 2.39. The van der Waals surface area contributed by atoms with Crippen molar-refractivity contribution in [2.75, 3.05) is 39.6 Å². The molecule has 10 nitrogen and oxygen atoms in total. The average molecular weight is 741 g/mol. The highest BCUT2D eigenvalue weighted by molar-refractivity contribution is 5.78. The van der Waals surface area contributed by atoms with Crippen molar-refractivity contribution in [1.29, 1.82) is 0 Å². The van der Waals surface area contributed by atoms with Gasteiger partial charge in [-0.1, -0.05) is 106 Å². The summed E-state index contributed by atoms with van der Waals surface area (Å²) in [4.78, 5) is 26.3. The number of hydrogen-bond donors (Lipinski definition) is 2. The van der Waals surface area contributed by atoms with Crippen LogP contribution in [0.1, 0.15) is 128 Å². The van der Waals surface area contributed by atoms with Crippen LogP contribution >= 0.6 is 0 Å². The Morgan fingerprint density at radius 1 is 0.642 bits per heavy atom. The zero-order valence-corrected chi connectivity index (χ0v) is 34.1. The van der Waals surface area contributed by atoms with E-state index in [2.05, 4.69) is 41.5 Å². The van der Waals surface area contributed by atoms with Crippen molar-refractivity contribution in [1.82, 2.24) is 0 Å². The van der Waals surface area contributed by atoms with Crippen LogP contribution in [0.2, 0.25) is 0 Å². The Hall–Kier alpha value is -2.86. The van der Waals surface area contributed by atoms with E-state index < -0.39 is 40.7 Å². The SMILES string of the molecule is CC(C(=O)OCC(C)(C)C1OCC2(CO1)COC(C(C)(C)COC(=O)C(C)c1ccc(CO)c(C(C)(C)C)c1)OC2)c1ccc(CO)c(C(C)(C)C)c1. The lowest BCUT2D eigenvalue weighted by atomic mass is 9.81. The summed E-state index contributed by atoms with van der Waals surface area (Å²) in [5.41, 5.74) is 3.30. The lowest BCUT2D eigenvalue weighted by Gasteiger charge is -2.48. The highest BCUT2D eigenvalue weighted by atomic mass is 16.7. The molecular weight excluding hydrogens is 676 g/mol. The van der Waals surface area contributed by atoms with Gasteiger partial charge in [-0.3, -0.25) is 9.59 Å². The number of benzene rings is 2. The van der Waals surface area contributed by atoms with E-state index in [1.165, 1.54) is 0 Å². The van der Waals surface area contributed by atoms with Gasteiger partial charge in [0, 0.05) is 10.8 Å². The zero-order valence-electron chi connectivity index (χ0n) is 34.1. The summed E-state index contributed by atoms with van der Waals surface area (Å²) in [5, 5.41) is 19.6. The van der Waals surface area contributed by atoms with Crippen molar-refractivity contribution in [3.8, 4) is 0 Å². The van der Waals surface area contributed by atoms with Gasteiger partial charge >= 0.3 is 11.9 Å². The van der Waals surface area contributed by atoms with Crippen molar-refractivity contribution in [2.45, 2.75) is 132 Å². The number of rotatable bonds is 12. The zero-order chi connectivity index (χ0) is 39.6. The first kappa shape index (κ1) is 42.9. The molecule has 2 unspecified atom stereocenters. The molecule has 53 heavy (non-hydrogen) atoms. The monoisotopic (exact) mass is 740 g/mol. The van der Waals surface area contributed by atoms with Crippen molar-refractivity contribution in [3.05, 3.63) is 69.8 Å². The average Bonchev–Trinajstić information content (AvgIpc) is 3.11. The molecule has 2 saturated heterocycles. The van der Waals surface area contributed by atoms with Gasteiger partial charge in [0.25, 0.3) is 0 Å². The summed E-state index contributed by atoms with van der Waals surface area (Å²) < 4.78 is 36.5. The molecule has 0 aromatic heterocycles. The van der Waals surface area contributed by atoms with Crippen molar-refractivity contribution < 1.29 is 48.2 Å². The summed E-state index contributed by atoms with van der Waals surface area (Å²) >= 11 is 0. The number of ether oxygens (including phenoxy) is 6. The van der Waals surface area contributed by atoms with E-state index in [-0.39, 0.29) is 49.2 Å². The normalized spacial score (nSPS) is 22.7. The molecule has 2 aromatic rings. The maximum atomic E-state index is 13.2. The molecule has 0 saturated carbocycles. The highest BCUT2D eigenvalue weighted by Gasteiger charge is 2.48. The topological polar surface area (TPSA) is 130 Å². The first-order valence-electron chi connectivity index (χ1n) is 18.8. The smallest absolute Gasteiger partial charge is 0.313 e. The van der Waals surface area contributed by atoms with Gasteiger partial charge in [0.1, 0.15) is 13.2 Å². The number of hydrogen-bond acceptors (Lipinski definition) is 10. The molecule has 2 aliphatic heterocycles. The van der Waals surface area contributed by atoms with E-state index in [0.717, 1.165) is 33.4 Å². The predicted molar refractivity (Wildman–Crippen MR) is 202 cm³/mol. The van der Waals surface area contributed by atoms with Gasteiger partial charge in [-0.05, 0) is 58.1 Å². The van der Waals surface area contributed by atoms with Crippen molar-refractivity contribution >= 4 is 11.9 Å². The maximum Gasteiger partial charge on any atom is 0.313 e. The summed E-state index contributed by atoms with van der Waals surface area (Å²) in [5.74, 6) is -1.64. The largest absolute Gasteiger partial charge is 0.464 e. The van der Waals surface area contributed by atoms with Crippen LogP contribution in [0.25, 0.3) is 0 Å². The molecule has 296 valence electrons. The second-order valence-corrected chi connectivity index (χ2v) is 18.7. The van der Waals surface area contributed by atoms with Gasteiger partial charge in [0.2, 0.25) is 0 Å². The number of esters is 2. The molecule has 0 bridgehead atoms. The summed E-state index contributed by atoms with van der Waals surface area (Å²) in [6, 6.07) is 11.5. The van der Waals surface area contributed by atoms with Gasteiger partial charge in [0.15, 0.2) is 12.6 Å². The Bertz CT molecular complexity index is 1440. The molecule has 2 fully saturated rings. The molecule has 2 heterocycles. The predicted octanol–water partition coefficient (Wildman–Crippen LogP) is 7.04. The molecular formula is C43H64O10. The molecule has 2 aliphatic rings. The molecule has 0 radical (unpaired) electrons. The van der Waals surface area contributed by atoms with Gasteiger partial charge in [-0.25, -0.2) is 0 Å². The Kier molecular flexibility index (Phi) is 13.3. The Labute approximate surface area is 316 Å². The fourth-order valence-electron chi connectivity index (χ4n) is 6.83. The van der Waals surface area contributed by atoms with Crippen molar-refractivity contribution in [3.63, 3.8) is 0 Å². The summed E-state index contributed by atoms with van der Waals surface area (Å²) in [6.07, 6.45) is -1.19. The Balaban J connectivity index is 1.25. The third-order valence-corrected chi connectivity index (χ3v) is 10.5. The number of aliphatic hydroxyl groups excluding tert-OH is 2. The van der Waals surface area contributed by atoms with Crippen LogP contribution in [0.4, 0.5) is 0 Å². The minimum atomic E-state index is -0.620. The molecule has 1 spiro atoms.